The molecule has 0 aliphatic rings. The Balaban J connectivity index is 2.31. The van der Waals surface area contributed by atoms with E-state index in [0.29, 0.717) is 0 Å². The molecule has 0 radical (unpaired) electrons. The summed E-state index contributed by atoms with van der Waals surface area (Å²) in [7, 11) is 0. The number of aliphatic hydroxyl groups excluding tert-OH is 1. The number of ether oxygens (including phenoxy) is 2. The maximum absolute atomic E-state index is 12.2. The summed E-state index contributed by atoms with van der Waals surface area (Å²) in [6.45, 7) is 7.98. The van der Waals surface area contributed by atoms with Crippen molar-refractivity contribution in [2.75, 3.05) is 13.2 Å². The average Bonchev–Trinajstić information content (AvgIpc) is 3.01. The predicted octanol–water partition coefficient (Wildman–Crippen LogP) is 3.19. The summed E-state index contributed by atoms with van der Waals surface area (Å²) in [5.41, 5.74) is 3.42. The van der Waals surface area contributed by atoms with Crippen LogP contribution in [0.1, 0.15) is 57.5 Å². The Morgan fingerprint density at radius 2 is 1.69 bits per heavy atom. The minimum atomic E-state index is -0.829. The highest BCUT2D eigenvalue weighted by Crippen LogP contribution is 2.21. The van der Waals surface area contributed by atoms with Crippen molar-refractivity contribution < 1.29 is 24.2 Å². The van der Waals surface area contributed by atoms with Gasteiger partial charge in [0.25, 0.3) is 0 Å². The van der Waals surface area contributed by atoms with E-state index in [2.05, 4.69) is 0 Å². The summed E-state index contributed by atoms with van der Waals surface area (Å²) in [4.78, 5) is 24.2. The second kappa shape index (κ2) is 8.67. The van der Waals surface area contributed by atoms with Crippen LogP contribution in [0.15, 0.2) is 30.5 Å². The molecule has 0 aliphatic heterocycles. The summed E-state index contributed by atoms with van der Waals surface area (Å²) in [6.07, 6.45) is 0.680. The highest BCUT2D eigenvalue weighted by Gasteiger charge is 2.21. The number of rotatable bonds is 7. The van der Waals surface area contributed by atoms with Gasteiger partial charge in [-0.1, -0.05) is 18.2 Å². The summed E-state index contributed by atoms with van der Waals surface area (Å²) < 4.78 is 11.6. The van der Waals surface area contributed by atoms with Crippen molar-refractivity contribution in [3.8, 4) is 0 Å². The number of carbonyl (C=O) groups is 2. The van der Waals surface area contributed by atoms with Gasteiger partial charge in [0, 0.05) is 6.20 Å². The molecule has 140 valence electrons. The van der Waals surface area contributed by atoms with Crippen LogP contribution in [0.5, 0.6) is 0 Å². The first-order valence-electron chi connectivity index (χ1n) is 8.67. The first-order chi connectivity index (χ1) is 12.4. The standard InChI is InChI=1S/C20H25NO5/c1-5-25-19(23)16-10-17(20(24)26-6-2)21(11-16)12-18(22)15-8-7-13(3)14(4)9-15/h7-11,18,22H,5-6,12H2,1-4H3. The third-order valence-corrected chi connectivity index (χ3v) is 4.18. The molecule has 6 heteroatoms. The molecule has 6 nitrogen and oxygen atoms in total. The molecule has 0 spiro atoms. The summed E-state index contributed by atoms with van der Waals surface area (Å²) in [5.74, 6) is -1.06. The molecular formula is C20H25NO5. The van der Waals surface area contributed by atoms with E-state index in [9.17, 15) is 14.7 Å². The van der Waals surface area contributed by atoms with Crippen molar-refractivity contribution in [2.45, 2.75) is 40.3 Å². The fourth-order valence-corrected chi connectivity index (χ4v) is 2.63. The van der Waals surface area contributed by atoms with Crippen LogP contribution < -0.4 is 0 Å². The maximum Gasteiger partial charge on any atom is 0.354 e. The molecule has 0 fully saturated rings. The molecule has 1 unspecified atom stereocenters. The zero-order chi connectivity index (χ0) is 19.3. The van der Waals surface area contributed by atoms with Crippen molar-refractivity contribution in [3.05, 3.63) is 58.4 Å². The van der Waals surface area contributed by atoms with Crippen LogP contribution >= 0.6 is 0 Å². The number of esters is 2. The molecule has 0 saturated carbocycles. The average molecular weight is 359 g/mol. The van der Waals surface area contributed by atoms with Gasteiger partial charge in [-0.2, -0.15) is 0 Å². The van der Waals surface area contributed by atoms with Crippen LogP contribution in [-0.2, 0) is 16.0 Å². The molecular weight excluding hydrogens is 334 g/mol. The monoisotopic (exact) mass is 359 g/mol. The van der Waals surface area contributed by atoms with E-state index in [1.54, 1.807) is 13.8 Å². The highest BCUT2D eigenvalue weighted by atomic mass is 16.5. The Hall–Kier alpha value is -2.60. The molecule has 2 aromatic rings. The zero-order valence-corrected chi connectivity index (χ0v) is 15.6. The molecule has 26 heavy (non-hydrogen) atoms. The van der Waals surface area contributed by atoms with Gasteiger partial charge in [0.2, 0.25) is 0 Å². The Kier molecular flexibility index (Phi) is 6.58. The number of aryl methyl sites for hydroxylation is 2. The number of benzene rings is 1. The molecule has 0 saturated heterocycles. The first kappa shape index (κ1) is 19.7. The fourth-order valence-electron chi connectivity index (χ4n) is 2.63. The Morgan fingerprint density at radius 3 is 2.31 bits per heavy atom. The zero-order valence-electron chi connectivity index (χ0n) is 15.6. The number of carbonyl (C=O) groups excluding carboxylic acids is 2. The van der Waals surface area contributed by atoms with E-state index in [0.717, 1.165) is 16.7 Å². The third kappa shape index (κ3) is 4.52. The number of aliphatic hydroxyl groups is 1. The lowest BCUT2D eigenvalue weighted by Gasteiger charge is -2.15. The number of hydrogen-bond acceptors (Lipinski definition) is 5. The van der Waals surface area contributed by atoms with Gasteiger partial charge in [-0.25, -0.2) is 9.59 Å². The van der Waals surface area contributed by atoms with E-state index in [1.807, 2.05) is 32.0 Å². The Labute approximate surface area is 153 Å². The molecule has 0 aliphatic carbocycles. The molecule has 1 atom stereocenters. The number of hydrogen-bond donors (Lipinski definition) is 1. The molecule has 1 N–H and O–H groups in total. The Morgan fingerprint density at radius 1 is 1.04 bits per heavy atom. The number of nitrogens with zero attached hydrogens (tertiary/aromatic N) is 1. The molecule has 1 heterocycles. The normalized spacial score (nSPS) is 11.9. The molecule has 0 amide bonds. The van der Waals surface area contributed by atoms with Crippen molar-refractivity contribution in [1.82, 2.24) is 4.57 Å². The van der Waals surface area contributed by atoms with E-state index in [-0.39, 0.29) is 31.0 Å². The highest BCUT2D eigenvalue weighted by molar-refractivity contribution is 5.95. The molecule has 1 aromatic heterocycles. The van der Waals surface area contributed by atoms with Gasteiger partial charge >= 0.3 is 11.9 Å². The summed E-state index contributed by atoms with van der Waals surface area (Å²) in [6, 6.07) is 7.15. The number of aromatic nitrogens is 1. The van der Waals surface area contributed by atoms with Crippen molar-refractivity contribution >= 4 is 11.9 Å². The third-order valence-electron chi connectivity index (χ3n) is 4.18. The lowest BCUT2D eigenvalue weighted by molar-refractivity contribution is 0.0507. The lowest BCUT2D eigenvalue weighted by atomic mass is 10.0. The van der Waals surface area contributed by atoms with Gasteiger partial charge < -0.3 is 19.1 Å². The predicted molar refractivity (Wildman–Crippen MR) is 97.2 cm³/mol. The fraction of sp³-hybridized carbons (Fsp3) is 0.400. The quantitative estimate of drug-likeness (QED) is 0.768. The van der Waals surface area contributed by atoms with Gasteiger partial charge in [0.15, 0.2) is 0 Å². The second-order valence-corrected chi connectivity index (χ2v) is 6.07. The second-order valence-electron chi connectivity index (χ2n) is 6.07. The van der Waals surface area contributed by atoms with Crippen molar-refractivity contribution in [3.63, 3.8) is 0 Å². The minimum Gasteiger partial charge on any atom is -0.462 e. The lowest BCUT2D eigenvalue weighted by Crippen LogP contribution is -2.15. The molecule has 2 rings (SSSR count). The van der Waals surface area contributed by atoms with Gasteiger partial charge in [-0.15, -0.1) is 0 Å². The van der Waals surface area contributed by atoms with E-state index >= 15 is 0 Å². The van der Waals surface area contributed by atoms with E-state index in [4.69, 9.17) is 9.47 Å². The van der Waals surface area contributed by atoms with Crippen LogP contribution in [0.25, 0.3) is 0 Å². The van der Waals surface area contributed by atoms with Crippen LogP contribution in [0.2, 0.25) is 0 Å². The van der Waals surface area contributed by atoms with Gasteiger partial charge in [0.05, 0.1) is 31.4 Å². The van der Waals surface area contributed by atoms with Gasteiger partial charge in [-0.3, -0.25) is 0 Å². The smallest absolute Gasteiger partial charge is 0.354 e. The van der Waals surface area contributed by atoms with Crippen LogP contribution in [0.3, 0.4) is 0 Å². The topological polar surface area (TPSA) is 77.8 Å². The first-order valence-corrected chi connectivity index (χ1v) is 8.67. The van der Waals surface area contributed by atoms with Gasteiger partial charge in [-0.05, 0) is 50.5 Å². The molecule has 1 aromatic carbocycles. The van der Waals surface area contributed by atoms with Crippen LogP contribution in [0.4, 0.5) is 0 Å². The van der Waals surface area contributed by atoms with Crippen molar-refractivity contribution in [1.29, 1.82) is 0 Å². The summed E-state index contributed by atoms with van der Waals surface area (Å²) >= 11 is 0. The molecule has 0 bridgehead atoms. The van der Waals surface area contributed by atoms with E-state index in [1.165, 1.54) is 16.8 Å². The van der Waals surface area contributed by atoms with Crippen LogP contribution in [0, 0.1) is 13.8 Å². The largest absolute Gasteiger partial charge is 0.462 e. The SMILES string of the molecule is CCOC(=O)c1cc(C(=O)OCC)n(CC(O)c2ccc(C)c(C)c2)c1. The Bertz CT molecular complexity index is 793. The summed E-state index contributed by atoms with van der Waals surface area (Å²) in [5, 5.41) is 10.6. The maximum atomic E-state index is 12.2. The van der Waals surface area contributed by atoms with Crippen LogP contribution in [-0.4, -0.2) is 34.8 Å². The van der Waals surface area contributed by atoms with Crippen molar-refractivity contribution in [2.24, 2.45) is 0 Å². The van der Waals surface area contributed by atoms with Gasteiger partial charge in [0.1, 0.15) is 5.69 Å². The minimum absolute atomic E-state index is 0.121. The van der Waals surface area contributed by atoms with E-state index < -0.39 is 18.0 Å².